The number of carbonyl (C=O) groups is 1. The van der Waals surface area contributed by atoms with Gasteiger partial charge in [-0.05, 0) is 38.1 Å². The summed E-state index contributed by atoms with van der Waals surface area (Å²) >= 11 is 3.44. The quantitative estimate of drug-likeness (QED) is 0.946. The van der Waals surface area contributed by atoms with Gasteiger partial charge >= 0.3 is 5.97 Å². The SMILES string of the molecule is Cc1ccc2c(Br)ccc(OC(C)C(=O)O)c2n1. The lowest BCUT2D eigenvalue weighted by molar-refractivity contribution is -0.144. The summed E-state index contributed by atoms with van der Waals surface area (Å²) in [4.78, 5) is 15.2. The van der Waals surface area contributed by atoms with E-state index in [0.717, 1.165) is 15.6 Å². The Morgan fingerprint density at radius 1 is 1.39 bits per heavy atom. The normalized spacial score (nSPS) is 12.4. The highest BCUT2D eigenvalue weighted by molar-refractivity contribution is 9.10. The van der Waals surface area contributed by atoms with Crippen LogP contribution in [-0.2, 0) is 4.79 Å². The van der Waals surface area contributed by atoms with Crippen molar-refractivity contribution < 1.29 is 14.6 Å². The van der Waals surface area contributed by atoms with Gasteiger partial charge in [0.2, 0.25) is 0 Å². The minimum Gasteiger partial charge on any atom is -0.479 e. The van der Waals surface area contributed by atoms with Crippen LogP contribution in [0, 0.1) is 6.92 Å². The molecule has 4 nitrogen and oxygen atoms in total. The van der Waals surface area contributed by atoms with E-state index in [1.54, 1.807) is 6.07 Å². The van der Waals surface area contributed by atoms with Gasteiger partial charge in [0, 0.05) is 15.6 Å². The molecule has 1 aromatic carbocycles. The number of rotatable bonds is 3. The van der Waals surface area contributed by atoms with Crippen LogP contribution in [0.25, 0.3) is 10.9 Å². The second-order valence-electron chi connectivity index (χ2n) is 3.99. The standard InChI is InChI=1S/C13H12BrNO3/c1-7-3-4-9-10(14)5-6-11(12(9)15-7)18-8(2)13(16)17/h3-6,8H,1-2H3,(H,16,17). The van der Waals surface area contributed by atoms with Gasteiger partial charge in [-0.2, -0.15) is 0 Å². The smallest absolute Gasteiger partial charge is 0.344 e. The van der Waals surface area contributed by atoms with Gasteiger partial charge in [-0.1, -0.05) is 15.9 Å². The van der Waals surface area contributed by atoms with Crippen molar-refractivity contribution >= 4 is 32.8 Å². The van der Waals surface area contributed by atoms with E-state index >= 15 is 0 Å². The van der Waals surface area contributed by atoms with Crippen molar-refractivity contribution in [3.63, 3.8) is 0 Å². The van der Waals surface area contributed by atoms with Crippen LogP contribution in [0.1, 0.15) is 12.6 Å². The average Bonchev–Trinajstić information content (AvgIpc) is 2.32. The molecular formula is C13H12BrNO3. The minimum absolute atomic E-state index is 0.479. The number of aryl methyl sites for hydroxylation is 1. The molecular weight excluding hydrogens is 298 g/mol. The van der Waals surface area contributed by atoms with Gasteiger partial charge in [0.1, 0.15) is 11.3 Å². The van der Waals surface area contributed by atoms with Crippen molar-refractivity contribution in [1.82, 2.24) is 4.98 Å². The first kappa shape index (κ1) is 12.8. The third-order valence-electron chi connectivity index (χ3n) is 2.56. The third-order valence-corrected chi connectivity index (χ3v) is 3.25. The molecule has 0 saturated heterocycles. The van der Waals surface area contributed by atoms with Gasteiger partial charge in [0.15, 0.2) is 6.10 Å². The van der Waals surface area contributed by atoms with Gasteiger partial charge in [0.05, 0.1) is 0 Å². The topological polar surface area (TPSA) is 59.4 Å². The molecule has 0 radical (unpaired) electrons. The maximum atomic E-state index is 10.8. The fourth-order valence-corrected chi connectivity index (χ4v) is 2.04. The predicted molar refractivity (Wildman–Crippen MR) is 71.9 cm³/mol. The van der Waals surface area contributed by atoms with Crippen LogP contribution in [0.2, 0.25) is 0 Å². The van der Waals surface area contributed by atoms with Crippen molar-refractivity contribution in [3.05, 3.63) is 34.4 Å². The number of hydrogen-bond donors (Lipinski definition) is 1. The highest BCUT2D eigenvalue weighted by Gasteiger charge is 2.15. The average molecular weight is 310 g/mol. The Balaban J connectivity index is 2.54. The molecule has 1 heterocycles. The number of benzene rings is 1. The highest BCUT2D eigenvalue weighted by Crippen LogP contribution is 2.31. The molecule has 5 heteroatoms. The molecule has 1 aromatic heterocycles. The Morgan fingerprint density at radius 3 is 2.78 bits per heavy atom. The van der Waals surface area contributed by atoms with Crippen LogP contribution >= 0.6 is 15.9 Å². The molecule has 94 valence electrons. The predicted octanol–water partition coefficient (Wildman–Crippen LogP) is 3.16. The molecule has 0 bridgehead atoms. The number of aliphatic carboxylic acids is 1. The van der Waals surface area contributed by atoms with Crippen LogP contribution in [-0.4, -0.2) is 22.2 Å². The van der Waals surface area contributed by atoms with Gasteiger partial charge in [-0.25, -0.2) is 9.78 Å². The Labute approximate surface area is 113 Å². The summed E-state index contributed by atoms with van der Waals surface area (Å²) in [5.41, 5.74) is 1.52. The lowest BCUT2D eigenvalue weighted by Gasteiger charge is -2.13. The van der Waals surface area contributed by atoms with Crippen LogP contribution in [0.5, 0.6) is 5.75 Å². The summed E-state index contributed by atoms with van der Waals surface area (Å²) in [5, 5.41) is 9.77. The monoisotopic (exact) mass is 309 g/mol. The van der Waals surface area contributed by atoms with Crippen molar-refractivity contribution in [3.8, 4) is 5.75 Å². The van der Waals surface area contributed by atoms with Crippen molar-refractivity contribution in [2.24, 2.45) is 0 Å². The number of hydrogen-bond acceptors (Lipinski definition) is 3. The fraction of sp³-hybridized carbons (Fsp3) is 0.231. The Bertz CT molecular complexity index is 612. The first-order valence-electron chi connectivity index (χ1n) is 5.44. The highest BCUT2D eigenvalue weighted by atomic mass is 79.9. The van der Waals surface area contributed by atoms with E-state index in [1.165, 1.54) is 6.92 Å². The van der Waals surface area contributed by atoms with Crippen molar-refractivity contribution in [1.29, 1.82) is 0 Å². The summed E-state index contributed by atoms with van der Waals surface area (Å²) < 4.78 is 6.32. The molecule has 0 aliphatic rings. The zero-order valence-corrected chi connectivity index (χ0v) is 11.6. The first-order valence-corrected chi connectivity index (χ1v) is 6.23. The van der Waals surface area contributed by atoms with E-state index in [4.69, 9.17) is 9.84 Å². The van der Waals surface area contributed by atoms with Crippen molar-refractivity contribution in [2.75, 3.05) is 0 Å². The summed E-state index contributed by atoms with van der Waals surface area (Å²) in [6, 6.07) is 7.37. The zero-order valence-electron chi connectivity index (χ0n) is 9.98. The van der Waals surface area contributed by atoms with Crippen LogP contribution in [0.15, 0.2) is 28.7 Å². The number of nitrogens with zero attached hydrogens (tertiary/aromatic N) is 1. The Morgan fingerprint density at radius 2 is 2.11 bits per heavy atom. The molecule has 0 saturated carbocycles. The number of carboxylic acid groups (broad SMARTS) is 1. The van der Waals surface area contributed by atoms with Gasteiger partial charge in [-0.15, -0.1) is 0 Å². The second-order valence-corrected chi connectivity index (χ2v) is 4.85. The number of pyridine rings is 1. The molecule has 0 spiro atoms. The molecule has 18 heavy (non-hydrogen) atoms. The summed E-state index contributed by atoms with van der Waals surface area (Å²) in [5.74, 6) is -0.523. The van der Waals surface area contributed by atoms with E-state index < -0.39 is 12.1 Å². The van der Waals surface area contributed by atoms with E-state index in [0.29, 0.717) is 11.3 Å². The molecule has 1 unspecified atom stereocenters. The number of carboxylic acids is 1. The number of halogens is 1. The molecule has 0 fully saturated rings. The van der Waals surface area contributed by atoms with E-state index in [-0.39, 0.29) is 0 Å². The maximum Gasteiger partial charge on any atom is 0.344 e. The molecule has 1 N–H and O–H groups in total. The lowest BCUT2D eigenvalue weighted by atomic mass is 10.2. The fourth-order valence-electron chi connectivity index (χ4n) is 1.59. The Hall–Kier alpha value is -1.62. The van der Waals surface area contributed by atoms with E-state index in [1.807, 2.05) is 25.1 Å². The largest absolute Gasteiger partial charge is 0.479 e. The molecule has 2 rings (SSSR count). The summed E-state index contributed by atoms with van der Waals surface area (Å²) in [7, 11) is 0. The maximum absolute atomic E-state index is 10.8. The van der Waals surface area contributed by atoms with Gasteiger partial charge in [0.25, 0.3) is 0 Å². The molecule has 0 aliphatic heterocycles. The molecule has 0 amide bonds. The van der Waals surface area contributed by atoms with Crippen molar-refractivity contribution in [2.45, 2.75) is 20.0 Å². The number of ether oxygens (including phenoxy) is 1. The molecule has 1 atom stereocenters. The van der Waals surface area contributed by atoms with Crippen LogP contribution < -0.4 is 4.74 Å². The van der Waals surface area contributed by atoms with Crippen LogP contribution in [0.4, 0.5) is 0 Å². The van der Waals surface area contributed by atoms with E-state index in [9.17, 15) is 4.79 Å². The Kier molecular flexibility index (Phi) is 3.52. The minimum atomic E-state index is -1.00. The van der Waals surface area contributed by atoms with Gasteiger partial charge < -0.3 is 9.84 Å². The summed E-state index contributed by atoms with van der Waals surface area (Å²) in [6.45, 7) is 3.37. The molecule has 2 aromatic rings. The van der Waals surface area contributed by atoms with Gasteiger partial charge in [-0.3, -0.25) is 0 Å². The molecule has 0 aliphatic carbocycles. The second kappa shape index (κ2) is 4.94. The number of aromatic nitrogens is 1. The lowest BCUT2D eigenvalue weighted by Crippen LogP contribution is -2.23. The van der Waals surface area contributed by atoms with Crippen LogP contribution in [0.3, 0.4) is 0 Å². The third kappa shape index (κ3) is 2.46. The van der Waals surface area contributed by atoms with E-state index in [2.05, 4.69) is 20.9 Å². The summed E-state index contributed by atoms with van der Waals surface area (Å²) in [6.07, 6.45) is -0.906. The first-order chi connectivity index (χ1) is 8.49. The number of fused-ring (bicyclic) bond motifs is 1. The zero-order chi connectivity index (χ0) is 13.3.